The predicted octanol–water partition coefficient (Wildman–Crippen LogP) is 4.60. The van der Waals surface area contributed by atoms with Crippen LogP contribution in [0.25, 0.3) is 0 Å². The van der Waals surface area contributed by atoms with Crippen LogP contribution in [0.1, 0.15) is 22.7 Å². The highest BCUT2D eigenvalue weighted by Gasteiger charge is 2.44. The first kappa shape index (κ1) is 20.2. The van der Waals surface area contributed by atoms with Gasteiger partial charge in [-0.3, -0.25) is 9.79 Å². The average molecular weight is 426 g/mol. The Morgan fingerprint density at radius 2 is 1.59 bits per heavy atom. The Morgan fingerprint density at radius 1 is 0.938 bits per heavy atom. The van der Waals surface area contributed by atoms with Gasteiger partial charge in [-0.25, -0.2) is 4.39 Å². The van der Waals surface area contributed by atoms with Gasteiger partial charge in [-0.15, -0.1) is 0 Å². The number of hydrogen-bond acceptors (Lipinski definition) is 3. The number of aliphatic imine (C=N–C) groups is 1. The second-order valence-electron chi connectivity index (χ2n) is 8.15. The van der Waals surface area contributed by atoms with Gasteiger partial charge in [0.05, 0.1) is 18.3 Å². The molecule has 0 fully saturated rings. The maximum atomic E-state index is 13.8. The third-order valence-corrected chi connectivity index (χ3v) is 6.07. The standard InChI is InChI=1S/C27H24FN3O/c1-30-17-16-29-24(20-10-6-3-7-11-20)23-25(21-12-14-22(28)15-13-21)31(27(32)26(23)30)18-19-8-4-2-5-9-19/h2-15,25H,16-18H2,1H3. The molecule has 1 unspecified atom stereocenters. The molecule has 0 radical (unpaired) electrons. The number of nitrogens with zero attached hydrogens (tertiary/aromatic N) is 3. The molecule has 0 aromatic heterocycles. The lowest BCUT2D eigenvalue weighted by atomic mass is 9.91. The zero-order chi connectivity index (χ0) is 22.1. The number of benzene rings is 3. The topological polar surface area (TPSA) is 35.9 Å². The van der Waals surface area contributed by atoms with E-state index in [0.717, 1.165) is 28.0 Å². The van der Waals surface area contributed by atoms with Crippen molar-refractivity contribution in [2.75, 3.05) is 20.1 Å². The van der Waals surface area contributed by atoms with Crippen molar-refractivity contribution in [2.45, 2.75) is 12.6 Å². The monoisotopic (exact) mass is 425 g/mol. The van der Waals surface area contributed by atoms with Gasteiger partial charge in [0.2, 0.25) is 0 Å². The molecule has 1 atom stereocenters. The van der Waals surface area contributed by atoms with Gasteiger partial charge in [0.15, 0.2) is 0 Å². The fourth-order valence-corrected chi connectivity index (χ4v) is 4.55. The zero-order valence-corrected chi connectivity index (χ0v) is 17.9. The molecule has 0 saturated heterocycles. The van der Waals surface area contributed by atoms with Gasteiger partial charge in [0.1, 0.15) is 11.5 Å². The molecule has 0 saturated carbocycles. The Morgan fingerprint density at radius 3 is 2.28 bits per heavy atom. The van der Waals surface area contributed by atoms with Crippen LogP contribution in [0.2, 0.25) is 0 Å². The molecule has 32 heavy (non-hydrogen) atoms. The van der Waals surface area contributed by atoms with Crippen LogP contribution in [0.4, 0.5) is 4.39 Å². The highest BCUT2D eigenvalue weighted by molar-refractivity contribution is 6.19. The van der Waals surface area contributed by atoms with E-state index in [1.54, 1.807) is 12.1 Å². The summed E-state index contributed by atoms with van der Waals surface area (Å²) in [6.07, 6.45) is 0. The lowest BCUT2D eigenvalue weighted by Crippen LogP contribution is -2.34. The van der Waals surface area contributed by atoms with Crippen LogP contribution in [-0.2, 0) is 11.3 Å². The Hall–Kier alpha value is -3.73. The maximum Gasteiger partial charge on any atom is 0.271 e. The van der Waals surface area contributed by atoms with E-state index in [9.17, 15) is 9.18 Å². The van der Waals surface area contributed by atoms with Crippen molar-refractivity contribution >= 4 is 11.6 Å². The van der Waals surface area contributed by atoms with E-state index in [0.29, 0.717) is 25.3 Å². The normalized spacial score (nSPS) is 18.5. The largest absolute Gasteiger partial charge is 0.368 e. The summed E-state index contributed by atoms with van der Waals surface area (Å²) >= 11 is 0. The molecule has 5 rings (SSSR count). The molecule has 0 aliphatic carbocycles. The molecule has 0 spiro atoms. The third-order valence-electron chi connectivity index (χ3n) is 6.07. The quantitative estimate of drug-likeness (QED) is 0.613. The van der Waals surface area contributed by atoms with Gasteiger partial charge in [-0.05, 0) is 23.3 Å². The van der Waals surface area contributed by atoms with Gasteiger partial charge in [0, 0.05) is 31.3 Å². The zero-order valence-electron chi connectivity index (χ0n) is 17.9. The second kappa shape index (κ2) is 8.42. The molecule has 5 heteroatoms. The second-order valence-corrected chi connectivity index (χ2v) is 8.15. The molecule has 160 valence electrons. The van der Waals surface area contributed by atoms with Crippen molar-refractivity contribution in [1.82, 2.24) is 9.80 Å². The summed E-state index contributed by atoms with van der Waals surface area (Å²) in [7, 11) is 1.95. The first-order valence-corrected chi connectivity index (χ1v) is 10.8. The summed E-state index contributed by atoms with van der Waals surface area (Å²) < 4.78 is 13.8. The lowest BCUT2D eigenvalue weighted by molar-refractivity contribution is -0.129. The Kier molecular flexibility index (Phi) is 5.31. The van der Waals surface area contributed by atoms with E-state index in [4.69, 9.17) is 4.99 Å². The Balaban J connectivity index is 1.69. The number of carbonyl (C=O) groups is 1. The summed E-state index contributed by atoms with van der Waals surface area (Å²) in [5.74, 6) is -0.317. The van der Waals surface area contributed by atoms with Crippen molar-refractivity contribution in [3.8, 4) is 0 Å². The highest BCUT2D eigenvalue weighted by Crippen LogP contribution is 2.42. The van der Waals surface area contributed by atoms with Crippen molar-refractivity contribution in [1.29, 1.82) is 0 Å². The number of likely N-dealkylation sites (N-methyl/N-ethyl adjacent to an activating group) is 1. The molecular weight excluding hydrogens is 401 g/mol. The molecule has 0 bridgehead atoms. The predicted molar refractivity (Wildman–Crippen MR) is 124 cm³/mol. The minimum absolute atomic E-state index is 0.0220. The van der Waals surface area contributed by atoms with Gasteiger partial charge in [0.25, 0.3) is 5.91 Å². The van der Waals surface area contributed by atoms with Crippen molar-refractivity contribution < 1.29 is 9.18 Å². The van der Waals surface area contributed by atoms with Gasteiger partial charge < -0.3 is 9.80 Å². The van der Waals surface area contributed by atoms with Crippen LogP contribution in [0.3, 0.4) is 0 Å². The summed E-state index contributed by atoms with van der Waals surface area (Å²) in [4.78, 5) is 22.6. The molecule has 2 aliphatic rings. The van der Waals surface area contributed by atoms with Gasteiger partial charge in [-0.1, -0.05) is 72.8 Å². The SMILES string of the molecule is CN1CCN=C(c2ccccc2)C2=C1C(=O)N(Cc1ccccc1)C2c1ccc(F)cc1. The van der Waals surface area contributed by atoms with Crippen molar-refractivity contribution in [2.24, 2.45) is 4.99 Å². The number of amides is 1. The number of rotatable bonds is 4. The summed E-state index contributed by atoms with van der Waals surface area (Å²) in [6.45, 7) is 1.73. The van der Waals surface area contributed by atoms with Crippen LogP contribution in [0.15, 0.2) is 101 Å². The first-order valence-electron chi connectivity index (χ1n) is 10.8. The van der Waals surface area contributed by atoms with Crippen LogP contribution in [0.5, 0.6) is 0 Å². The van der Waals surface area contributed by atoms with Crippen LogP contribution in [-0.4, -0.2) is 41.6 Å². The van der Waals surface area contributed by atoms with Crippen LogP contribution < -0.4 is 0 Å². The van der Waals surface area contributed by atoms with Crippen LogP contribution in [0, 0.1) is 5.82 Å². The molecule has 0 N–H and O–H groups in total. The molecule has 3 aromatic carbocycles. The maximum absolute atomic E-state index is 13.8. The van der Waals surface area contributed by atoms with Gasteiger partial charge in [-0.2, -0.15) is 0 Å². The smallest absolute Gasteiger partial charge is 0.271 e. The third kappa shape index (κ3) is 3.60. The Bertz CT molecular complexity index is 1190. The molecule has 4 nitrogen and oxygen atoms in total. The number of hydrogen-bond donors (Lipinski definition) is 0. The van der Waals surface area contributed by atoms with Crippen molar-refractivity contribution in [3.63, 3.8) is 0 Å². The minimum atomic E-state index is -0.349. The number of halogens is 1. The van der Waals surface area contributed by atoms with E-state index in [2.05, 4.69) is 0 Å². The summed E-state index contributed by atoms with van der Waals surface area (Å²) in [5.41, 5.74) is 5.31. The van der Waals surface area contributed by atoms with E-state index in [1.165, 1.54) is 12.1 Å². The molecule has 3 aromatic rings. The van der Waals surface area contributed by atoms with Gasteiger partial charge >= 0.3 is 0 Å². The fraction of sp³-hybridized carbons (Fsp3) is 0.185. The number of carbonyl (C=O) groups excluding carboxylic acids is 1. The summed E-state index contributed by atoms with van der Waals surface area (Å²) in [5, 5.41) is 0. The fourth-order valence-electron chi connectivity index (χ4n) is 4.55. The first-order chi connectivity index (χ1) is 15.6. The molecule has 1 amide bonds. The minimum Gasteiger partial charge on any atom is -0.368 e. The van der Waals surface area contributed by atoms with Crippen molar-refractivity contribution in [3.05, 3.63) is 119 Å². The van der Waals surface area contributed by atoms with Crippen LogP contribution >= 0.6 is 0 Å². The van der Waals surface area contributed by atoms with E-state index in [-0.39, 0.29) is 17.8 Å². The average Bonchev–Trinajstić information content (AvgIpc) is 2.98. The lowest BCUT2D eigenvalue weighted by Gasteiger charge is -2.28. The molecule has 2 heterocycles. The van der Waals surface area contributed by atoms with E-state index < -0.39 is 0 Å². The molecule has 2 aliphatic heterocycles. The molecular formula is C27H24FN3O. The summed E-state index contributed by atoms with van der Waals surface area (Å²) in [6, 6.07) is 26.1. The van der Waals surface area contributed by atoms with E-state index >= 15 is 0 Å². The highest BCUT2D eigenvalue weighted by atomic mass is 19.1. The van der Waals surface area contributed by atoms with E-state index in [1.807, 2.05) is 77.5 Å². The Labute approximate surface area is 187 Å².